The molecule has 25 heavy (non-hydrogen) atoms. The normalized spacial score (nSPS) is 13.2. The number of carboxylic acid groups (broad SMARTS) is 1. The average molecular weight is 359 g/mol. The van der Waals surface area contributed by atoms with Gasteiger partial charge in [0.25, 0.3) is 0 Å². The fraction of sp³-hybridized carbons (Fsp3) is 0.381. The highest BCUT2D eigenvalue weighted by Crippen LogP contribution is 2.33. The molecule has 0 heterocycles. The number of ether oxygens (including phenoxy) is 1. The first kappa shape index (κ1) is 19.4. The van der Waals surface area contributed by atoms with E-state index in [-0.39, 0.29) is 11.2 Å². The summed E-state index contributed by atoms with van der Waals surface area (Å²) in [5, 5.41) is 9.48. The van der Waals surface area contributed by atoms with Gasteiger partial charge in [0, 0.05) is 10.1 Å². The third kappa shape index (κ3) is 6.46. The maximum Gasteiger partial charge on any atom is 0.307 e. The van der Waals surface area contributed by atoms with Gasteiger partial charge in [-0.1, -0.05) is 43.7 Å². The molecule has 2 rings (SSSR count). The zero-order valence-electron chi connectivity index (χ0n) is 14.9. The molecule has 0 bridgehead atoms. The van der Waals surface area contributed by atoms with Crippen LogP contribution in [0.4, 0.5) is 0 Å². The highest BCUT2D eigenvalue weighted by atomic mass is 32.2. The Morgan fingerprint density at radius 3 is 2.36 bits per heavy atom. The van der Waals surface area contributed by atoms with Gasteiger partial charge in [0.1, 0.15) is 5.75 Å². The number of aliphatic carboxylic acids is 1. The molecule has 0 amide bonds. The Hall–Kier alpha value is -1.94. The second-order valence-corrected chi connectivity index (χ2v) is 7.50. The molecule has 1 N–H and O–H groups in total. The number of carbonyl (C=O) groups is 1. The van der Waals surface area contributed by atoms with Crippen LogP contribution in [0.2, 0.25) is 0 Å². The first-order valence-corrected chi connectivity index (χ1v) is 9.55. The van der Waals surface area contributed by atoms with Crippen LogP contribution >= 0.6 is 11.8 Å². The van der Waals surface area contributed by atoms with Crippen molar-refractivity contribution in [3.05, 3.63) is 60.2 Å². The van der Waals surface area contributed by atoms with Crippen molar-refractivity contribution in [3.8, 4) is 5.75 Å². The fourth-order valence-electron chi connectivity index (χ4n) is 2.72. The molecule has 2 aromatic carbocycles. The lowest BCUT2D eigenvalue weighted by atomic mass is 10.0. The summed E-state index contributed by atoms with van der Waals surface area (Å²) in [6, 6.07) is 18.3. The van der Waals surface area contributed by atoms with Crippen LogP contribution in [0.25, 0.3) is 0 Å². The Labute approximate surface area is 154 Å². The Bertz CT molecular complexity index is 640. The number of hydrogen-bond donors (Lipinski definition) is 1. The van der Waals surface area contributed by atoms with Crippen molar-refractivity contribution < 1.29 is 14.6 Å². The largest absolute Gasteiger partial charge is 0.497 e. The molecule has 3 nitrogen and oxygen atoms in total. The van der Waals surface area contributed by atoms with E-state index in [0.29, 0.717) is 0 Å². The van der Waals surface area contributed by atoms with E-state index in [2.05, 4.69) is 24.3 Å². The zero-order valence-corrected chi connectivity index (χ0v) is 15.7. The number of benzene rings is 2. The minimum atomic E-state index is -0.728. The van der Waals surface area contributed by atoms with Crippen molar-refractivity contribution in [1.29, 1.82) is 0 Å². The van der Waals surface area contributed by atoms with E-state index in [1.165, 1.54) is 5.56 Å². The number of unbranched alkanes of at least 4 members (excludes halogenated alkanes) is 1. The van der Waals surface area contributed by atoms with E-state index < -0.39 is 5.97 Å². The smallest absolute Gasteiger partial charge is 0.307 e. The summed E-state index contributed by atoms with van der Waals surface area (Å²) in [4.78, 5) is 12.5. The molecule has 0 aliphatic heterocycles. The SMILES string of the molecule is COc1ccc(SC(CCCCc2ccccc2)C(C)C(=O)O)cc1. The third-order valence-electron chi connectivity index (χ3n) is 4.34. The Balaban J connectivity index is 1.89. The molecule has 0 spiro atoms. The minimum Gasteiger partial charge on any atom is -0.497 e. The summed E-state index contributed by atoms with van der Waals surface area (Å²) in [6.45, 7) is 1.81. The standard InChI is InChI=1S/C21H26O3S/c1-16(21(22)23)20(25-19-14-12-18(24-2)13-15-19)11-7-6-10-17-8-4-3-5-9-17/h3-5,8-9,12-16,20H,6-7,10-11H2,1-2H3,(H,22,23). The van der Waals surface area contributed by atoms with Crippen LogP contribution in [0.15, 0.2) is 59.5 Å². The van der Waals surface area contributed by atoms with Crippen LogP contribution < -0.4 is 4.74 Å². The quantitative estimate of drug-likeness (QED) is 0.463. The van der Waals surface area contributed by atoms with E-state index >= 15 is 0 Å². The van der Waals surface area contributed by atoms with Crippen molar-refractivity contribution in [1.82, 2.24) is 0 Å². The van der Waals surface area contributed by atoms with Crippen molar-refractivity contribution in [2.75, 3.05) is 7.11 Å². The maximum atomic E-state index is 11.5. The summed E-state index contributed by atoms with van der Waals surface area (Å²) >= 11 is 1.65. The zero-order chi connectivity index (χ0) is 18.1. The van der Waals surface area contributed by atoms with E-state index in [1.54, 1.807) is 25.8 Å². The van der Waals surface area contributed by atoms with Gasteiger partial charge in [0.15, 0.2) is 0 Å². The molecule has 0 radical (unpaired) electrons. The first-order chi connectivity index (χ1) is 12.1. The lowest BCUT2D eigenvalue weighted by Gasteiger charge is -2.20. The van der Waals surface area contributed by atoms with Gasteiger partial charge in [-0.3, -0.25) is 4.79 Å². The van der Waals surface area contributed by atoms with Gasteiger partial charge in [0.05, 0.1) is 13.0 Å². The highest BCUT2D eigenvalue weighted by Gasteiger charge is 2.24. The van der Waals surface area contributed by atoms with Crippen LogP contribution in [0.3, 0.4) is 0 Å². The molecule has 134 valence electrons. The first-order valence-electron chi connectivity index (χ1n) is 8.67. The fourth-order valence-corrected chi connectivity index (χ4v) is 3.97. The van der Waals surface area contributed by atoms with Crippen molar-refractivity contribution in [2.24, 2.45) is 5.92 Å². The monoisotopic (exact) mass is 358 g/mol. The van der Waals surface area contributed by atoms with Gasteiger partial charge in [0.2, 0.25) is 0 Å². The third-order valence-corrected chi connectivity index (χ3v) is 5.83. The van der Waals surface area contributed by atoms with Gasteiger partial charge >= 0.3 is 5.97 Å². The highest BCUT2D eigenvalue weighted by molar-refractivity contribution is 8.00. The van der Waals surface area contributed by atoms with E-state index in [4.69, 9.17) is 4.74 Å². The van der Waals surface area contributed by atoms with E-state index in [1.807, 2.05) is 30.3 Å². The Morgan fingerprint density at radius 1 is 1.08 bits per heavy atom. The van der Waals surface area contributed by atoms with Crippen LogP contribution in [-0.4, -0.2) is 23.4 Å². The predicted octanol–water partition coefficient (Wildman–Crippen LogP) is 5.29. The summed E-state index contributed by atoms with van der Waals surface area (Å²) in [7, 11) is 1.64. The molecule has 0 aliphatic rings. The minimum absolute atomic E-state index is 0.0710. The van der Waals surface area contributed by atoms with E-state index in [0.717, 1.165) is 36.3 Å². The number of hydrogen-bond acceptors (Lipinski definition) is 3. The van der Waals surface area contributed by atoms with Crippen LogP contribution in [-0.2, 0) is 11.2 Å². The lowest BCUT2D eigenvalue weighted by molar-refractivity contribution is -0.141. The molecule has 0 saturated carbocycles. The topological polar surface area (TPSA) is 46.5 Å². The predicted molar refractivity (Wildman–Crippen MR) is 103 cm³/mol. The summed E-state index contributed by atoms with van der Waals surface area (Å²) in [5.74, 6) is -0.284. The maximum absolute atomic E-state index is 11.5. The van der Waals surface area contributed by atoms with Gasteiger partial charge in [-0.15, -0.1) is 11.8 Å². The second-order valence-electron chi connectivity index (χ2n) is 6.19. The molecule has 2 aromatic rings. The molecule has 0 aromatic heterocycles. The molecule has 2 unspecified atom stereocenters. The van der Waals surface area contributed by atoms with Gasteiger partial charge in [-0.2, -0.15) is 0 Å². The number of methoxy groups -OCH3 is 1. The second kappa shape index (κ2) is 10.1. The Kier molecular flexibility index (Phi) is 7.86. The van der Waals surface area contributed by atoms with Crippen LogP contribution in [0.1, 0.15) is 31.7 Å². The molecule has 2 atom stereocenters. The van der Waals surface area contributed by atoms with Crippen molar-refractivity contribution >= 4 is 17.7 Å². The van der Waals surface area contributed by atoms with Crippen LogP contribution in [0, 0.1) is 5.92 Å². The average Bonchev–Trinajstić information content (AvgIpc) is 2.65. The molecule has 0 saturated heterocycles. The summed E-state index contributed by atoms with van der Waals surface area (Å²) < 4.78 is 5.18. The number of carboxylic acids is 1. The molecular weight excluding hydrogens is 332 g/mol. The number of rotatable bonds is 10. The van der Waals surface area contributed by atoms with Crippen molar-refractivity contribution in [2.45, 2.75) is 42.8 Å². The van der Waals surface area contributed by atoms with Crippen molar-refractivity contribution in [3.63, 3.8) is 0 Å². The van der Waals surface area contributed by atoms with Gasteiger partial charge < -0.3 is 9.84 Å². The molecule has 0 aliphatic carbocycles. The van der Waals surface area contributed by atoms with Gasteiger partial charge in [-0.25, -0.2) is 0 Å². The molecule has 0 fully saturated rings. The number of thioether (sulfide) groups is 1. The lowest BCUT2D eigenvalue weighted by Crippen LogP contribution is -2.23. The molecule has 4 heteroatoms. The van der Waals surface area contributed by atoms with Gasteiger partial charge in [-0.05, 0) is 49.1 Å². The summed E-state index contributed by atoms with van der Waals surface area (Å²) in [6.07, 6.45) is 4.05. The molecular formula is C21H26O3S. The van der Waals surface area contributed by atoms with E-state index in [9.17, 15) is 9.90 Å². The summed E-state index contributed by atoms with van der Waals surface area (Å²) in [5.41, 5.74) is 1.34. The number of aryl methyl sites for hydroxylation is 1. The van der Waals surface area contributed by atoms with Crippen LogP contribution in [0.5, 0.6) is 5.75 Å². The Morgan fingerprint density at radius 2 is 1.76 bits per heavy atom.